The van der Waals surface area contributed by atoms with Crippen LogP contribution >= 0.6 is 0 Å². The van der Waals surface area contributed by atoms with Crippen molar-refractivity contribution < 1.29 is 41.5 Å². The molecule has 324 valence electrons. The van der Waals surface area contributed by atoms with Gasteiger partial charge in [-0.3, -0.25) is 28.8 Å². The van der Waals surface area contributed by atoms with Crippen molar-refractivity contribution in [3.05, 3.63) is 81.9 Å². The highest BCUT2D eigenvalue weighted by molar-refractivity contribution is 6.04. The van der Waals surface area contributed by atoms with Crippen LogP contribution in [0.25, 0.3) is 22.1 Å². The number of piperidine rings is 2. The van der Waals surface area contributed by atoms with Crippen LogP contribution in [-0.4, -0.2) is 85.7 Å². The highest BCUT2D eigenvalue weighted by Crippen LogP contribution is 2.40. The zero-order valence-electron chi connectivity index (χ0n) is 34.3. The lowest BCUT2D eigenvalue weighted by Gasteiger charge is -2.42. The Morgan fingerprint density at radius 2 is 1.75 bits per heavy atom. The fraction of sp³-hybridized carbons (Fsp3) is 0.488. The van der Waals surface area contributed by atoms with E-state index in [-0.39, 0.29) is 48.6 Å². The normalized spacial score (nSPS) is 22.9. The number of anilines is 2. The molecule has 18 heteroatoms. The molecule has 3 aromatic heterocycles. The SMILES string of the molecule is CN(CC1CCC(c2nc3cc(C(C)(C)O)c(NC(=O)c4cccc(C(F)(F)F)n4)cc3o2)CC1)[C@@H]1CCN(c2cccc3c2n(C)c(=O)n3C2CCC(=O)NC2=O)C[C@@H]1F. The van der Waals surface area contributed by atoms with Crippen molar-refractivity contribution in [1.29, 1.82) is 0 Å². The second kappa shape index (κ2) is 16.0. The van der Waals surface area contributed by atoms with Gasteiger partial charge in [-0.1, -0.05) is 12.1 Å². The van der Waals surface area contributed by atoms with E-state index in [4.69, 9.17) is 9.40 Å². The topological polar surface area (TPSA) is 168 Å². The van der Waals surface area contributed by atoms with E-state index in [9.17, 15) is 37.5 Å². The zero-order valence-corrected chi connectivity index (χ0v) is 34.3. The van der Waals surface area contributed by atoms with Gasteiger partial charge in [0.25, 0.3) is 5.91 Å². The molecule has 0 radical (unpaired) electrons. The number of nitrogens with one attached hydrogen (secondary N) is 2. The number of aryl methyl sites for hydroxylation is 1. The highest BCUT2D eigenvalue weighted by atomic mass is 19.4. The number of hydrogen-bond acceptors (Lipinski definition) is 10. The summed E-state index contributed by atoms with van der Waals surface area (Å²) in [5, 5.41) is 15.9. The number of para-hydroxylation sites is 1. The average molecular weight is 849 g/mol. The van der Waals surface area contributed by atoms with Crippen LogP contribution in [0.3, 0.4) is 0 Å². The summed E-state index contributed by atoms with van der Waals surface area (Å²) < 4.78 is 65.1. The van der Waals surface area contributed by atoms with Gasteiger partial charge in [-0.25, -0.2) is 19.2 Å². The van der Waals surface area contributed by atoms with Gasteiger partial charge in [0.1, 0.15) is 29.1 Å². The van der Waals surface area contributed by atoms with Gasteiger partial charge in [-0.05, 0) is 95.7 Å². The molecule has 3 aliphatic rings. The summed E-state index contributed by atoms with van der Waals surface area (Å²) >= 11 is 0. The molecule has 14 nitrogen and oxygen atoms in total. The molecule has 1 aliphatic carbocycles. The Balaban J connectivity index is 0.900. The number of hydrogen-bond donors (Lipinski definition) is 3. The zero-order chi connectivity index (χ0) is 43.5. The molecule has 0 spiro atoms. The monoisotopic (exact) mass is 848 g/mol. The van der Waals surface area contributed by atoms with Crippen molar-refractivity contribution in [3.8, 4) is 0 Å². The van der Waals surface area contributed by atoms with Crippen LogP contribution in [0.1, 0.15) is 98.4 Å². The van der Waals surface area contributed by atoms with Crippen LogP contribution in [0.15, 0.2) is 57.7 Å². The van der Waals surface area contributed by atoms with Crippen molar-refractivity contribution in [1.82, 2.24) is 29.3 Å². The molecule has 5 aromatic rings. The van der Waals surface area contributed by atoms with E-state index in [1.807, 2.05) is 18.0 Å². The maximum atomic E-state index is 16.1. The Labute approximate surface area is 347 Å². The first-order valence-corrected chi connectivity index (χ1v) is 20.5. The molecular formula is C43H48F4N8O6. The lowest BCUT2D eigenvalue weighted by molar-refractivity contribution is -0.141. The van der Waals surface area contributed by atoms with Gasteiger partial charge in [0.05, 0.1) is 34.6 Å². The molecule has 3 atom stereocenters. The Morgan fingerprint density at radius 1 is 1.02 bits per heavy atom. The van der Waals surface area contributed by atoms with Crippen molar-refractivity contribution in [2.24, 2.45) is 13.0 Å². The van der Waals surface area contributed by atoms with E-state index in [0.717, 1.165) is 37.8 Å². The van der Waals surface area contributed by atoms with Gasteiger partial charge >= 0.3 is 11.9 Å². The lowest BCUT2D eigenvalue weighted by Crippen LogP contribution is -2.52. The van der Waals surface area contributed by atoms with Gasteiger partial charge < -0.3 is 24.6 Å². The minimum Gasteiger partial charge on any atom is -0.440 e. The van der Waals surface area contributed by atoms with E-state index in [2.05, 4.69) is 20.5 Å². The first-order valence-electron chi connectivity index (χ1n) is 20.5. The predicted molar refractivity (Wildman–Crippen MR) is 218 cm³/mol. The summed E-state index contributed by atoms with van der Waals surface area (Å²) in [4.78, 5) is 63.3. The third kappa shape index (κ3) is 8.26. The number of benzene rings is 2. The third-order valence-electron chi connectivity index (χ3n) is 12.5. The van der Waals surface area contributed by atoms with Crippen molar-refractivity contribution in [2.75, 3.05) is 36.9 Å². The quantitative estimate of drug-likeness (QED) is 0.115. The van der Waals surface area contributed by atoms with Crippen LogP contribution < -0.4 is 21.2 Å². The van der Waals surface area contributed by atoms with Crippen molar-refractivity contribution in [3.63, 3.8) is 0 Å². The molecule has 3 amide bonds. The standard InChI is InChI=1S/C43H48F4N8O6/c1-42(2,60)25-19-29-34(20-28(25)49-38(57)27-7-5-10-35(48-27)43(45,46)47)61-40(50-29)24-13-11-23(12-14-24)21-52(3)30-17-18-54(22-26(30)44)31-8-6-9-32-37(31)53(4)41(59)55(32)33-15-16-36(56)51-39(33)58/h5-10,19-20,23-24,26,30,33,60H,11-18,21-22H2,1-4H3,(H,49,57)(H,51,56,58)/t23?,24?,26-,30+,33?/m0/s1. The number of aromatic nitrogens is 4. The first kappa shape index (κ1) is 42.1. The highest BCUT2D eigenvalue weighted by Gasteiger charge is 2.37. The number of carbonyl (C=O) groups excluding carboxylic acids is 3. The number of oxazole rings is 1. The molecule has 5 heterocycles. The van der Waals surface area contributed by atoms with Gasteiger partial charge in [-0.2, -0.15) is 13.2 Å². The molecule has 8 rings (SSSR count). The van der Waals surface area contributed by atoms with Crippen molar-refractivity contribution in [2.45, 2.75) is 94.7 Å². The largest absolute Gasteiger partial charge is 0.440 e. The summed E-state index contributed by atoms with van der Waals surface area (Å²) in [6.07, 6.45) is -1.66. The smallest absolute Gasteiger partial charge is 0.433 e. The van der Waals surface area contributed by atoms with Gasteiger partial charge in [-0.15, -0.1) is 0 Å². The summed E-state index contributed by atoms with van der Waals surface area (Å²) in [5.74, 6) is -0.912. The molecule has 61 heavy (non-hydrogen) atoms. The third-order valence-corrected chi connectivity index (χ3v) is 12.5. The van der Waals surface area contributed by atoms with E-state index < -0.39 is 47.2 Å². The van der Waals surface area contributed by atoms with Crippen LogP contribution in [0.4, 0.5) is 28.9 Å². The molecule has 2 aromatic carbocycles. The Kier molecular flexibility index (Phi) is 11.0. The lowest BCUT2D eigenvalue weighted by atomic mass is 9.81. The van der Waals surface area contributed by atoms with E-state index >= 15 is 4.39 Å². The number of nitrogens with zero attached hydrogens (tertiary/aromatic N) is 6. The summed E-state index contributed by atoms with van der Waals surface area (Å²) in [6.45, 7) is 4.47. The minimum atomic E-state index is -4.73. The second-order valence-electron chi connectivity index (χ2n) is 17.1. The number of halogens is 4. The second-order valence-corrected chi connectivity index (χ2v) is 17.1. The van der Waals surface area contributed by atoms with Crippen LogP contribution in [0.2, 0.25) is 0 Å². The number of amides is 3. The average Bonchev–Trinajstić information content (AvgIpc) is 3.74. The number of imide groups is 1. The predicted octanol–water partition coefficient (Wildman–Crippen LogP) is 6.18. The van der Waals surface area contributed by atoms with E-state index in [1.54, 1.807) is 25.2 Å². The molecule has 1 unspecified atom stereocenters. The number of imidazole rings is 1. The fourth-order valence-electron chi connectivity index (χ4n) is 9.33. The van der Waals surface area contributed by atoms with E-state index in [0.29, 0.717) is 64.7 Å². The Morgan fingerprint density at radius 3 is 2.44 bits per heavy atom. The van der Waals surface area contributed by atoms with E-state index in [1.165, 1.54) is 35.1 Å². The van der Waals surface area contributed by atoms with Crippen molar-refractivity contribution >= 4 is 51.2 Å². The van der Waals surface area contributed by atoms with Crippen LogP contribution in [0.5, 0.6) is 0 Å². The summed E-state index contributed by atoms with van der Waals surface area (Å²) in [6, 6.07) is 10.5. The number of aliphatic hydroxyl groups is 1. The summed E-state index contributed by atoms with van der Waals surface area (Å²) in [5.41, 5.74) is -0.292. The molecule has 3 fully saturated rings. The molecule has 0 bridgehead atoms. The van der Waals surface area contributed by atoms with Gasteiger partial charge in [0, 0.05) is 50.1 Å². The maximum absolute atomic E-state index is 16.1. The molecule has 2 saturated heterocycles. The minimum absolute atomic E-state index is 0.00702. The number of pyridine rings is 1. The fourth-order valence-corrected chi connectivity index (χ4v) is 9.33. The molecular weight excluding hydrogens is 801 g/mol. The molecule has 3 N–H and O–H groups in total. The van der Waals surface area contributed by atoms with Crippen LogP contribution in [0, 0.1) is 5.92 Å². The number of alkyl halides is 4. The number of rotatable bonds is 9. The van der Waals surface area contributed by atoms with Gasteiger partial charge in [0.15, 0.2) is 11.5 Å². The Bertz CT molecular complexity index is 2570. The maximum Gasteiger partial charge on any atom is 0.433 e. The molecule has 2 aliphatic heterocycles. The number of carbonyl (C=O) groups is 3. The molecule has 1 saturated carbocycles. The van der Waals surface area contributed by atoms with Crippen LogP contribution in [-0.2, 0) is 28.4 Å². The van der Waals surface area contributed by atoms with Gasteiger partial charge in [0.2, 0.25) is 11.8 Å². The summed E-state index contributed by atoms with van der Waals surface area (Å²) in [7, 11) is 3.60. The number of fused-ring (bicyclic) bond motifs is 2. The Hall–Kier alpha value is -5.62. The first-order chi connectivity index (χ1) is 28.9.